The van der Waals surface area contributed by atoms with Crippen molar-refractivity contribution in [1.82, 2.24) is 4.90 Å². The summed E-state index contributed by atoms with van der Waals surface area (Å²) in [4.78, 5) is 3.48. The number of hydrogen-bond donors (Lipinski definition) is 0. The van der Waals surface area contributed by atoms with E-state index in [1.807, 2.05) is 4.90 Å². The van der Waals surface area contributed by atoms with Gasteiger partial charge < -0.3 is 14.5 Å². The van der Waals surface area contributed by atoms with Crippen LogP contribution in [0.2, 0.25) is 0 Å². The third kappa shape index (κ3) is 3.11. The molecule has 9 heteroatoms. The zero-order chi connectivity index (χ0) is 16.8. The van der Waals surface area contributed by atoms with Crippen LogP contribution in [0.25, 0.3) is 0 Å². The van der Waals surface area contributed by atoms with E-state index >= 15 is 0 Å². The van der Waals surface area contributed by atoms with Gasteiger partial charge in [-0.1, -0.05) is 15.9 Å². The molecule has 0 aliphatic carbocycles. The number of benzene rings is 1. The van der Waals surface area contributed by atoms with Crippen LogP contribution < -0.4 is 4.90 Å². The molecule has 0 unspecified atom stereocenters. The topological polar surface area (TPSA) is 49.9 Å². The smallest absolute Gasteiger partial charge is 0.176 e. The van der Waals surface area contributed by atoms with Crippen LogP contribution in [-0.2, 0) is 14.6 Å². The van der Waals surface area contributed by atoms with Gasteiger partial charge in [0.15, 0.2) is 14.9 Å². The van der Waals surface area contributed by atoms with Gasteiger partial charge in [0.25, 0.3) is 0 Å². The predicted octanol–water partition coefficient (Wildman–Crippen LogP) is 1.81. The highest BCUT2D eigenvalue weighted by Gasteiger charge is 2.52. The van der Waals surface area contributed by atoms with Crippen molar-refractivity contribution < 1.29 is 17.5 Å². The van der Waals surface area contributed by atoms with Crippen LogP contribution in [-0.4, -0.2) is 62.3 Å². The van der Waals surface area contributed by atoms with E-state index in [2.05, 4.69) is 15.9 Å². The quantitative estimate of drug-likeness (QED) is 0.689. The Kier molecular flexibility index (Phi) is 4.65. The lowest BCUT2D eigenvalue weighted by atomic mass is 10.1. The Balaban J connectivity index is 2.00. The molecule has 0 spiro atoms. The minimum atomic E-state index is -3.16. The lowest BCUT2D eigenvalue weighted by Gasteiger charge is -2.25. The third-order valence-electron chi connectivity index (χ3n) is 4.18. The van der Waals surface area contributed by atoms with E-state index < -0.39 is 15.7 Å². The molecule has 1 aromatic carbocycles. The van der Waals surface area contributed by atoms with E-state index in [9.17, 15) is 12.8 Å². The van der Waals surface area contributed by atoms with E-state index in [4.69, 9.17) is 17.0 Å². The lowest BCUT2D eigenvalue weighted by molar-refractivity contribution is 0.169. The van der Waals surface area contributed by atoms with Crippen molar-refractivity contribution in [2.45, 2.75) is 12.1 Å². The molecule has 126 valence electrons. The van der Waals surface area contributed by atoms with Crippen LogP contribution in [0.5, 0.6) is 0 Å². The molecular weight excluding hydrogens is 407 g/mol. The SMILES string of the molecule is COCCN1C(=S)N(c2ccc(Br)cc2F)[C@H]2CS(=O)(=O)C[C@H]21. The number of halogens is 2. The molecule has 1 aromatic rings. The summed E-state index contributed by atoms with van der Waals surface area (Å²) in [5.74, 6) is -0.411. The Morgan fingerprint density at radius 2 is 2.09 bits per heavy atom. The molecule has 2 saturated heterocycles. The first kappa shape index (κ1) is 17.1. The summed E-state index contributed by atoms with van der Waals surface area (Å²) in [7, 11) is -1.59. The number of thiocarbonyl (C=S) groups is 1. The van der Waals surface area contributed by atoms with Crippen molar-refractivity contribution in [2.75, 3.05) is 36.7 Å². The maximum absolute atomic E-state index is 14.4. The molecule has 2 fully saturated rings. The molecule has 2 heterocycles. The van der Waals surface area contributed by atoms with Gasteiger partial charge >= 0.3 is 0 Å². The molecule has 0 bridgehead atoms. The maximum atomic E-state index is 14.4. The summed E-state index contributed by atoms with van der Waals surface area (Å²) in [5.41, 5.74) is 0.310. The second-order valence-corrected chi connectivity index (χ2v) is 9.08. The lowest BCUT2D eigenvalue weighted by Crippen LogP contribution is -2.39. The van der Waals surface area contributed by atoms with Gasteiger partial charge in [-0.15, -0.1) is 0 Å². The van der Waals surface area contributed by atoms with E-state index in [1.165, 1.54) is 6.07 Å². The number of hydrogen-bond acceptors (Lipinski definition) is 4. The Morgan fingerprint density at radius 3 is 2.74 bits per heavy atom. The molecule has 0 amide bonds. The van der Waals surface area contributed by atoms with E-state index in [1.54, 1.807) is 24.1 Å². The molecule has 5 nitrogen and oxygen atoms in total. The van der Waals surface area contributed by atoms with Gasteiger partial charge in [-0.3, -0.25) is 0 Å². The summed E-state index contributed by atoms with van der Waals surface area (Å²) in [6.07, 6.45) is 0. The molecule has 0 radical (unpaired) electrons. The zero-order valence-corrected chi connectivity index (χ0v) is 15.6. The largest absolute Gasteiger partial charge is 0.383 e. The van der Waals surface area contributed by atoms with Crippen molar-refractivity contribution in [2.24, 2.45) is 0 Å². The number of methoxy groups -OCH3 is 1. The fourth-order valence-electron chi connectivity index (χ4n) is 3.19. The normalized spacial score (nSPS) is 26.0. The maximum Gasteiger partial charge on any atom is 0.176 e. The Labute approximate surface area is 148 Å². The van der Waals surface area contributed by atoms with Crippen LogP contribution in [0.3, 0.4) is 0 Å². The summed E-state index contributed by atoms with van der Waals surface area (Å²) < 4.78 is 44.2. The van der Waals surface area contributed by atoms with Crippen LogP contribution >= 0.6 is 28.1 Å². The first-order valence-corrected chi connectivity index (χ1v) is 10.1. The molecule has 0 aromatic heterocycles. The predicted molar refractivity (Wildman–Crippen MR) is 94.0 cm³/mol. The Bertz CT molecular complexity index is 744. The van der Waals surface area contributed by atoms with E-state index in [0.29, 0.717) is 28.4 Å². The van der Waals surface area contributed by atoms with Crippen molar-refractivity contribution in [3.63, 3.8) is 0 Å². The van der Waals surface area contributed by atoms with E-state index in [0.717, 1.165) is 0 Å². The fraction of sp³-hybridized carbons (Fsp3) is 0.500. The minimum absolute atomic E-state index is 0.0171. The summed E-state index contributed by atoms with van der Waals surface area (Å²) in [5, 5.41) is 0.452. The molecule has 2 atom stereocenters. The second-order valence-electron chi connectivity index (χ2n) is 5.65. The minimum Gasteiger partial charge on any atom is -0.383 e. The van der Waals surface area contributed by atoms with Crippen LogP contribution in [0.1, 0.15) is 0 Å². The van der Waals surface area contributed by atoms with Crippen molar-refractivity contribution in [1.29, 1.82) is 0 Å². The standard InChI is InChI=1S/C14H16BrFN2O3S2/c1-21-5-4-17-12-7-23(19,20)8-13(12)18(14(17)22)11-3-2-9(15)6-10(11)16/h2-3,6,12-13H,4-5,7-8H2,1H3/t12-,13+/m1/s1. The highest BCUT2D eigenvalue weighted by atomic mass is 79.9. The highest BCUT2D eigenvalue weighted by Crippen LogP contribution is 2.36. The number of fused-ring (bicyclic) bond motifs is 1. The van der Waals surface area contributed by atoms with Gasteiger partial charge in [-0.25, -0.2) is 12.8 Å². The summed E-state index contributed by atoms with van der Waals surface area (Å²) in [6.45, 7) is 0.917. The number of nitrogens with zero attached hydrogens (tertiary/aromatic N) is 2. The first-order chi connectivity index (χ1) is 10.8. The van der Waals surface area contributed by atoms with E-state index in [-0.39, 0.29) is 23.6 Å². The van der Waals surface area contributed by atoms with Crippen LogP contribution in [0.15, 0.2) is 22.7 Å². The molecule has 2 aliphatic heterocycles. The van der Waals surface area contributed by atoms with Crippen molar-refractivity contribution in [3.8, 4) is 0 Å². The van der Waals surface area contributed by atoms with Crippen molar-refractivity contribution in [3.05, 3.63) is 28.5 Å². The average molecular weight is 423 g/mol. The summed E-state index contributed by atoms with van der Waals surface area (Å²) >= 11 is 8.73. The van der Waals surface area contributed by atoms with Gasteiger partial charge in [0.1, 0.15) is 5.82 Å². The molecule has 0 saturated carbocycles. The van der Waals surface area contributed by atoms with Crippen LogP contribution in [0.4, 0.5) is 10.1 Å². The zero-order valence-electron chi connectivity index (χ0n) is 12.4. The monoisotopic (exact) mass is 422 g/mol. The van der Waals surface area contributed by atoms with Gasteiger partial charge in [0.2, 0.25) is 0 Å². The second kappa shape index (κ2) is 6.27. The van der Waals surface area contributed by atoms with Gasteiger partial charge in [-0.2, -0.15) is 0 Å². The molecule has 2 aliphatic rings. The fourth-order valence-corrected chi connectivity index (χ4v) is 5.93. The number of ether oxygens (including phenoxy) is 1. The van der Waals surface area contributed by atoms with Crippen LogP contribution in [0, 0.1) is 5.82 Å². The Hall–Kier alpha value is -0.770. The Morgan fingerprint density at radius 1 is 1.39 bits per heavy atom. The molecular formula is C14H16BrFN2O3S2. The van der Waals surface area contributed by atoms with Gasteiger partial charge in [0.05, 0.1) is 35.9 Å². The molecule has 0 N–H and O–H groups in total. The number of rotatable bonds is 4. The van der Waals surface area contributed by atoms with Crippen molar-refractivity contribution >= 4 is 48.8 Å². The average Bonchev–Trinajstić information content (AvgIpc) is 2.88. The number of anilines is 1. The highest BCUT2D eigenvalue weighted by molar-refractivity contribution is 9.10. The summed E-state index contributed by atoms with van der Waals surface area (Å²) in [6, 6.07) is 4.07. The number of sulfone groups is 1. The first-order valence-electron chi connectivity index (χ1n) is 7.08. The third-order valence-corrected chi connectivity index (χ3v) is 6.81. The molecule has 23 heavy (non-hydrogen) atoms. The van der Waals surface area contributed by atoms with Gasteiger partial charge in [-0.05, 0) is 30.4 Å². The molecule has 3 rings (SSSR count). The van der Waals surface area contributed by atoms with Gasteiger partial charge in [0, 0.05) is 18.1 Å².